The molecule has 7 heteroatoms. The number of benzene rings is 1. The molecule has 0 aliphatic heterocycles. The van der Waals surface area contributed by atoms with Gasteiger partial charge in [-0.1, -0.05) is 0 Å². The standard InChI is InChI=1S/C10H5BrF4N2/c11-8-3(12)1-4(13)9-7(8)5(16)2-6(17-9)10(14)15/h1-2,10H,(H2,16,17). The Morgan fingerprint density at radius 3 is 2.41 bits per heavy atom. The summed E-state index contributed by atoms with van der Waals surface area (Å²) >= 11 is 2.88. The van der Waals surface area contributed by atoms with Crippen molar-refractivity contribution in [3.63, 3.8) is 0 Å². The summed E-state index contributed by atoms with van der Waals surface area (Å²) in [6.07, 6.45) is -2.87. The summed E-state index contributed by atoms with van der Waals surface area (Å²) in [5, 5.41) is -0.0492. The molecule has 0 aliphatic rings. The van der Waals surface area contributed by atoms with Gasteiger partial charge in [0.2, 0.25) is 0 Å². The van der Waals surface area contributed by atoms with E-state index >= 15 is 0 Å². The van der Waals surface area contributed by atoms with Crippen LogP contribution < -0.4 is 5.73 Å². The van der Waals surface area contributed by atoms with Gasteiger partial charge in [0.05, 0.1) is 4.47 Å². The van der Waals surface area contributed by atoms with Crippen LogP contribution >= 0.6 is 15.9 Å². The molecule has 0 radical (unpaired) electrons. The zero-order chi connectivity index (χ0) is 12.7. The number of nitrogen functional groups attached to an aromatic ring is 1. The van der Waals surface area contributed by atoms with Gasteiger partial charge in [-0.3, -0.25) is 0 Å². The molecule has 0 amide bonds. The molecular weight excluding hydrogens is 304 g/mol. The van der Waals surface area contributed by atoms with Crippen LogP contribution in [0.4, 0.5) is 23.2 Å². The Balaban J connectivity index is 2.90. The summed E-state index contributed by atoms with van der Waals surface area (Å²) in [6.45, 7) is 0. The maximum absolute atomic E-state index is 13.4. The molecule has 90 valence electrons. The summed E-state index contributed by atoms with van der Waals surface area (Å²) < 4.78 is 51.5. The smallest absolute Gasteiger partial charge is 0.280 e. The Kier molecular flexibility index (Phi) is 2.94. The molecule has 0 bridgehead atoms. The highest BCUT2D eigenvalue weighted by atomic mass is 79.9. The molecule has 0 aliphatic carbocycles. The van der Waals surface area contributed by atoms with Gasteiger partial charge in [0.15, 0.2) is 5.82 Å². The second-order valence-electron chi connectivity index (χ2n) is 3.31. The summed E-state index contributed by atoms with van der Waals surface area (Å²) in [5.41, 5.74) is 4.31. The molecule has 1 aromatic carbocycles. The van der Waals surface area contributed by atoms with Gasteiger partial charge in [-0.2, -0.15) is 0 Å². The van der Waals surface area contributed by atoms with Crippen molar-refractivity contribution in [2.45, 2.75) is 6.43 Å². The van der Waals surface area contributed by atoms with E-state index in [2.05, 4.69) is 20.9 Å². The molecule has 2 rings (SSSR count). The average molecular weight is 309 g/mol. The molecule has 1 heterocycles. The van der Waals surface area contributed by atoms with Crippen LogP contribution in [0.1, 0.15) is 12.1 Å². The number of alkyl halides is 2. The van der Waals surface area contributed by atoms with E-state index < -0.39 is 23.8 Å². The van der Waals surface area contributed by atoms with Crippen LogP contribution in [0.3, 0.4) is 0 Å². The highest BCUT2D eigenvalue weighted by Crippen LogP contribution is 2.34. The van der Waals surface area contributed by atoms with Crippen LogP contribution in [0.5, 0.6) is 0 Å². The number of rotatable bonds is 1. The molecule has 0 fully saturated rings. The van der Waals surface area contributed by atoms with Gasteiger partial charge in [0.25, 0.3) is 6.43 Å². The highest BCUT2D eigenvalue weighted by molar-refractivity contribution is 9.10. The summed E-state index contributed by atoms with van der Waals surface area (Å²) in [6, 6.07) is 1.46. The van der Waals surface area contributed by atoms with Crippen molar-refractivity contribution in [1.29, 1.82) is 0 Å². The normalized spacial score (nSPS) is 11.4. The Morgan fingerprint density at radius 1 is 1.18 bits per heavy atom. The van der Waals surface area contributed by atoms with E-state index in [1.54, 1.807) is 0 Å². The lowest BCUT2D eigenvalue weighted by atomic mass is 10.1. The molecule has 0 unspecified atom stereocenters. The number of pyridine rings is 1. The Bertz CT molecular complexity index is 601. The Morgan fingerprint density at radius 2 is 1.82 bits per heavy atom. The molecular formula is C10H5BrF4N2. The van der Waals surface area contributed by atoms with Crippen LogP contribution in [0, 0.1) is 11.6 Å². The topological polar surface area (TPSA) is 38.9 Å². The first kappa shape index (κ1) is 12.1. The molecule has 17 heavy (non-hydrogen) atoms. The molecule has 0 atom stereocenters. The minimum Gasteiger partial charge on any atom is -0.398 e. The van der Waals surface area contributed by atoms with Crippen molar-refractivity contribution in [3.05, 3.63) is 33.9 Å². The van der Waals surface area contributed by atoms with Gasteiger partial charge in [-0.15, -0.1) is 0 Å². The highest BCUT2D eigenvalue weighted by Gasteiger charge is 2.18. The quantitative estimate of drug-likeness (QED) is 0.643. The number of nitrogens with zero attached hydrogens (tertiary/aromatic N) is 1. The number of nitrogens with two attached hydrogens (primary N) is 1. The van der Waals surface area contributed by atoms with E-state index in [4.69, 9.17) is 5.73 Å². The Hall–Kier alpha value is -1.37. The number of hydrogen-bond donors (Lipinski definition) is 1. The zero-order valence-electron chi connectivity index (χ0n) is 8.15. The number of aromatic nitrogens is 1. The maximum atomic E-state index is 13.4. The largest absolute Gasteiger partial charge is 0.398 e. The van der Waals surface area contributed by atoms with E-state index in [1.807, 2.05) is 0 Å². The minimum atomic E-state index is -2.87. The van der Waals surface area contributed by atoms with Crippen LogP contribution in [0.2, 0.25) is 0 Å². The van der Waals surface area contributed by atoms with Crippen molar-refractivity contribution in [3.8, 4) is 0 Å². The Labute approximate surface area is 102 Å². The third-order valence-electron chi connectivity index (χ3n) is 2.20. The van der Waals surface area contributed by atoms with Gasteiger partial charge < -0.3 is 5.73 Å². The minimum absolute atomic E-state index is 0.0492. The number of hydrogen-bond acceptors (Lipinski definition) is 2. The summed E-state index contributed by atoms with van der Waals surface area (Å²) in [7, 11) is 0. The molecule has 2 nitrogen and oxygen atoms in total. The van der Waals surface area contributed by atoms with Gasteiger partial charge in [-0.05, 0) is 22.0 Å². The van der Waals surface area contributed by atoms with E-state index in [-0.39, 0.29) is 21.1 Å². The fraction of sp³-hybridized carbons (Fsp3) is 0.100. The average Bonchev–Trinajstić information content (AvgIpc) is 2.25. The van der Waals surface area contributed by atoms with Crippen molar-refractivity contribution >= 4 is 32.5 Å². The van der Waals surface area contributed by atoms with Gasteiger partial charge >= 0.3 is 0 Å². The number of fused-ring (bicyclic) bond motifs is 1. The van der Waals surface area contributed by atoms with E-state index in [0.717, 1.165) is 6.07 Å². The first-order chi connectivity index (χ1) is 7.91. The first-order valence-corrected chi connectivity index (χ1v) is 5.23. The lowest BCUT2D eigenvalue weighted by Crippen LogP contribution is -1.99. The zero-order valence-corrected chi connectivity index (χ0v) is 9.73. The summed E-state index contributed by atoms with van der Waals surface area (Å²) in [5.74, 6) is -1.90. The molecule has 1 aromatic heterocycles. The second kappa shape index (κ2) is 4.14. The van der Waals surface area contributed by atoms with Crippen LogP contribution in [-0.4, -0.2) is 4.98 Å². The number of anilines is 1. The lowest BCUT2D eigenvalue weighted by Gasteiger charge is -2.08. The third-order valence-corrected chi connectivity index (χ3v) is 2.98. The van der Waals surface area contributed by atoms with Crippen LogP contribution in [0.15, 0.2) is 16.6 Å². The van der Waals surface area contributed by atoms with Gasteiger partial charge in [0.1, 0.15) is 17.0 Å². The molecule has 2 aromatic rings. The lowest BCUT2D eigenvalue weighted by molar-refractivity contribution is 0.146. The molecule has 0 spiro atoms. The fourth-order valence-electron chi connectivity index (χ4n) is 1.46. The molecule has 0 saturated carbocycles. The predicted octanol–water partition coefficient (Wildman–Crippen LogP) is 3.80. The van der Waals surface area contributed by atoms with Gasteiger partial charge in [0, 0.05) is 17.1 Å². The third kappa shape index (κ3) is 1.95. The van der Waals surface area contributed by atoms with Crippen molar-refractivity contribution in [1.82, 2.24) is 4.98 Å². The van der Waals surface area contributed by atoms with Crippen LogP contribution in [0.25, 0.3) is 10.9 Å². The van der Waals surface area contributed by atoms with Gasteiger partial charge in [-0.25, -0.2) is 22.5 Å². The molecule has 2 N–H and O–H groups in total. The maximum Gasteiger partial charge on any atom is 0.280 e. The van der Waals surface area contributed by atoms with Crippen molar-refractivity contribution in [2.75, 3.05) is 5.73 Å². The monoisotopic (exact) mass is 308 g/mol. The van der Waals surface area contributed by atoms with E-state index in [1.165, 1.54) is 0 Å². The predicted molar refractivity (Wildman–Crippen MR) is 58.7 cm³/mol. The SMILES string of the molecule is Nc1cc(C(F)F)nc2c(F)cc(F)c(Br)c12. The fourth-order valence-corrected chi connectivity index (χ4v) is 1.99. The van der Waals surface area contributed by atoms with Crippen LogP contribution in [-0.2, 0) is 0 Å². The first-order valence-electron chi connectivity index (χ1n) is 4.43. The van der Waals surface area contributed by atoms with E-state index in [9.17, 15) is 17.6 Å². The van der Waals surface area contributed by atoms with Crippen molar-refractivity contribution in [2.24, 2.45) is 0 Å². The molecule has 0 saturated heterocycles. The van der Waals surface area contributed by atoms with Crippen molar-refractivity contribution < 1.29 is 17.6 Å². The van der Waals surface area contributed by atoms with E-state index in [0.29, 0.717) is 6.07 Å². The summed E-state index contributed by atoms with van der Waals surface area (Å²) in [4.78, 5) is 3.44. The second-order valence-corrected chi connectivity index (χ2v) is 4.11. The number of halogens is 5.